The molecule has 266 valence electrons. The molecule has 0 aromatic heterocycles. The molecule has 0 amide bonds. The molecule has 0 radical (unpaired) electrons. The predicted octanol–water partition coefficient (Wildman–Crippen LogP) is 9.71. The number of likely N-dealkylation sites (N-methyl/N-ethyl adjacent to an activating group) is 1. The number of phosphoric acid groups is 1. The minimum atomic E-state index is -4.26. The third-order valence-electron chi connectivity index (χ3n) is 7.50. The Morgan fingerprint density at radius 2 is 1.27 bits per heavy atom. The third kappa shape index (κ3) is 34.1. The Bertz CT molecular complexity index is 782. The monoisotopic (exact) mass is 660 g/mol. The summed E-state index contributed by atoms with van der Waals surface area (Å²) in [6.45, 7) is 5.50. The van der Waals surface area contributed by atoms with Gasteiger partial charge in [0, 0.05) is 13.0 Å². The quantitative estimate of drug-likeness (QED) is 0.0246. The maximum Gasteiger partial charge on any atom is 0.472 e. The molecule has 8 nitrogen and oxygen atoms in total. The van der Waals surface area contributed by atoms with Crippen LogP contribution in [0.4, 0.5) is 0 Å². The summed E-state index contributed by atoms with van der Waals surface area (Å²) in [4.78, 5) is 22.6. The van der Waals surface area contributed by atoms with E-state index in [-0.39, 0.29) is 25.8 Å². The maximum absolute atomic E-state index is 12.5. The smallest absolute Gasteiger partial charge is 0.457 e. The molecule has 2 atom stereocenters. The van der Waals surface area contributed by atoms with Crippen LogP contribution in [0.1, 0.15) is 142 Å². The zero-order valence-corrected chi connectivity index (χ0v) is 30.7. The molecule has 0 saturated heterocycles. The first-order valence-corrected chi connectivity index (χ1v) is 19.6. The fourth-order valence-electron chi connectivity index (χ4n) is 4.65. The number of phosphoric ester groups is 1. The summed E-state index contributed by atoms with van der Waals surface area (Å²) in [5, 5.41) is 0. The van der Waals surface area contributed by atoms with Crippen molar-refractivity contribution in [3.05, 3.63) is 24.3 Å². The fraction of sp³-hybridized carbons (Fsp3) is 0.861. The van der Waals surface area contributed by atoms with Crippen LogP contribution in [-0.2, 0) is 27.9 Å². The van der Waals surface area contributed by atoms with Crippen LogP contribution in [0, 0.1) is 0 Å². The molecular formula is C36H71NO7P+. The summed E-state index contributed by atoms with van der Waals surface area (Å²) in [6, 6.07) is 0. The average molecular weight is 661 g/mol. The molecule has 0 saturated carbocycles. The molecule has 0 fully saturated rings. The van der Waals surface area contributed by atoms with E-state index >= 15 is 0 Å². The highest BCUT2D eigenvalue weighted by Gasteiger charge is 2.26. The third-order valence-corrected chi connectivity index (χ3v) is 8.48. The number of hydrogen-bond donors (Lipinski definition) is 1. The van der Waals surface area contributed by atoms with Gasteiger partial charge in [-0.05, 0) is 38.5 Å². The number of nitrogens with zero attached hydrogens (tertiary/aromatic N) is 1. The maximum atomic E-state index is 12.5. The van der Waals surface area contributed by atoms with Gasteiger partial charge in [-0.15, -0.1) is 0 Å². The van der Waals surface area contributed by atoms with Gasteiger partial charge in [0.05, 0.1) is 34.4 Å². The standard InChI is InChI=1S/C36H70NO7P/c1-6-8-10-12-14-16-17-18-19-20-22-24-26-28-31-41-33-35(34-43-45(39,40)42-32-30-37(3,4)5)44-36(38)29-27-25-23-21-15-13-11-9-7-2/h10,12,16-17,35H,6-9,11,13-15,18-34H2,1-5H3/p+1/b12-10-,17-16-. The van der Waals surface area contributed by atoms with Crippen molar-refractivity contribution in [3.8, 4) is 0 Å². The molecular weight excluding hydrogens is 589 g/mol. The van der Waals surface area contributed by atoms with Crippen molar-refractivity contribution in [1.82, 2.24) is 0 Å². The normalized spacial score (nSPS) is 14.4. The van der Waals surface area contributed by atoms with E-state index < -0.39 is 13.9 Å². The molecule has 0 rings (SSSR count). The number of esters is 1. The van der Waals surface area contributed by atoms with E-state index in [9.17, 15) is 14.3 Å². The van der Waals surface area contributed by atoms with Gasteiger partial charge < -0.3 is 18.9 Å². The molecule has 0 bridgehead atoms. The number of allylic oxidation sites excluding steroid dienone is 4. The lowest BCUT2D eigenvalue weighted by molar-refractivity contribution is -0.870. The summed E-state index contributed by atoms with van der Waals surface area (Å²) in [5.41, 5.74) is 0. The second-order valence-electron chi connectivity index (χ2n) is 13.3. The molecule has 0 aliphatic rings. The molecule has 2 unspecified atom stereocenters. The van der Waals surface area contributed by atoms with Crippen molar-refractivity contribution in [3.63, 3.8) is 0 Å². The van der Waals surface area contributed by atoms with Gasteiger partial charge in [0.2, 0.25) is 0 Å². The van der Waals surface area contributed by atoms with E-state index in [1.165, 1.54) is 77.0 Å². The van der Waals surface area contributed by atoms with Crippen LogP contribution >= 0.6 is 7.82 Å². The lowest BCUT2D eigenvalue weighted by atomic mass is 10.1. The summed E-state index contributed by atoms with van der Waals surface area (Å²) >= 11 is 0. The Morgan fingerprint density at radius 1 is 0.689 bits per heavy atom. The van der Waals surface area contributed by atoms with Crippen molar-refractivity contribution in [2.75, 3.05) is 54.1 Å². The number of carbonyl (C=O) groups excluding carboxylic acids is 1. The Morgan fingerprint density at radius 3 is 1.89 bits per heavy atom. The molecule has 0 spiro atoms. The Labute approximate surface area is 277 Å². The van der Waals surface area contributed by atoms with Crippen LogP contribution in [0.2, 0.25) is 0 Å². The Hall–Kier alpha value is -1.02. The van der Waals surface area contributed by atoms with E-state index in [1.807, 2.05) is 21.1 Å². The highest BCUT2D eigenvalue weighted by molar-refractivity contribution is 7.47. The van der Waals surface area contributed by atoms with E-state index in [2.05, 4.69) is 38.2 Å². The number of unbranched alkanes of at least 4 members (excludes halogenated alkanes) is 15. The zero-order valence-electron chi connectivity index (χ0n) is 29.9. The molecule has 9 heteroatoms. The summed E-state index contributed by atoms with van der Waals surface area (Å²) < 4.78 is 34.7. The Kier molecular flexibility index (Phi) is 29.6. The van der Waals surface area contributed by atoms with Gasteiger partial charge in [-0.2, -0.15) is 0 Å². The molecule has 0 heterocycles. The van der Waals surface area contributed by atoms with Crippen molar-refractivity contribution in [2.45, 2.75) is 148 Å². The van der Waals surface area contributed by atoms with Gasteiger partial charge in [-0.25, -0.2) is 4.57 Å². The van der Waals surface area contributed by atoms with Gasteiger partial charge in [-0.3, -0.25) is 13.8 Å². The van der Waals surface area contributed by atoms with E-state index in [0.717, 1.165) is 44.9 Å². The number of carbonyl (C=O) groups is 1. The lowest BCUT2D eigenvalue weighted by Gasteiger charge is -2.24. The second kappa shape index (κ2) is 30.3. The first-order chi connectivity index (χ1) is 21.6. The topological polar surface area (TPSA) is 91.3 Å². The first-order valence-electron chi connectivity index (χ1n) is 18.1. The van der Waals surface area contributed by atoms with Crippen LogP contribution < -0.4 is 0 Å². The molecule has 0 aromatic carbocycles. The van der Waals surface area contributed by atoms with E-state index in [0.29, 0.717) is 24.1 Å². The average Bonchev–Trinajstić information content (AvgIpc) is 2.98. The van der Waals surface area contributed by atoms with Crippen molar-refractivity contribution < 1.29 is 37.3 Å². The van der Waals surface area contributed by atoms with Crippen LogP contribution in [-0.4, -0.2) is 75.6 Å². The molecule has 0 aliphatic heterocycles. The number of hydrogen-bond acceptors (Lipinski definition) is 6. The van der Waals surface area contributed by atoms with Crippen LogP contribution in [0.15, 0.2) is 24.3 Å². The summed E-state index contributed by atoms with van der Waals surface area (Å²) in [7, 11) is 1.66. The minimum absolute atomic E-state index is 0.0876. The molecule has 45 heavy (non-hydrogen) atoms. The lowest BCUT2D eigenvalue weighted by Crippen LogP contribution is -2.37. The number of rotatable bonds is 33. The van der Waals surface area contributed by atoms with Gasteiger partial charge in [0.25, 0.3) is 0 Å². The Balaban J connectivity index is 4.32. The van der Waals surface area contributed by atoms with Gasteiger partial charge in [0.15, 0.2) is 0 Å². The van der Waals surface area contributed by atoms with Crippen LogP contribution in [0.25, 0.3) is 0 Å². The number of quaternary nitrogens is 1. The predicted molar refractivity (Wildman–Crippen MR) is 187 cm³/mol. The fourth-order valence-corrected chi connectivity index (χ4v) is 5.39. The minimum Gasteiger partial charge on any atom is -0.457 e. The summed E-state index contributed by atoms with van der Waals surface area (Å²) in [5.74, 6) is -0.323. The van der Waals surface area contributed by atoms with Gasteiger partial charge in [0.1, 0.15) is 19.3 Å². The van der Waals surface area contributed by atoms with E-state index in [4.69, 9.17) is 18.5 Å². The van der Waals surface area contributed by atoms with Crippen molar-refractivity contribution in [2.24, 2.45) is 0 Å². The van der Waals surface area contributed by atoms with Crippen molar-refractivity contribution >= 4 is 13.8 Å². The van der Waals surface area contributed by atoms with Crippen LogP contribution in [0.3, 0.4) is 0 Å². The zero-order chi connectivity index (χ0) is 33.5. The molecule has 0 aliphatic carbocycles. The highest BCUT2D eigenvalue weighted by atomic mass is 31.2. The second-order valence-corrected chi connectivity index (χ2v) is 14.7. The van der Waals surface area contributed by atoms with Crippen molar-refractivity contribution in [1.29, 1.82) is 0 Å². The molecule has 1 N–H and O–H groups in total. The largest absolute Gasteiger partial charge is 0.472 e. The van der Waals surface area contributed by atoms with Gasteiger partial charge in [-0.1, -0.05) is 122 Å². The first kappa shape index (κ1) is 44.0. The van der Waals surface area contributed by atoms with Gasteiger partial charge >= 0.3 is 13.8 Å². The summed E-state index contributed by atoms with van der Waals surface area (Å²) in [6.07, 6.45) is 30.6. The SMILES string of the molecule is CCC/C=C\C/C=C\CCCCCCCCOCC(COP(=O)(O)OCC[N+](C)(C)C)OC(=O)CCCCCCCCCCC. The van der Waals surface area contributed by atoms with E-state index in [1.54, 1.807) is 0 Å². The van der Waals surface area contributed by atoms with Crippen LogP contribution in [0.5, 0.6) is 0 Å². The highest BCUT2D eigenvalue weighted by Crippen LogP contribution is 2.43. The molecule has 0 aromatic rings. The number of ether oxygens (including phenoxy) is 2.